The number of Topliss-reactive ketones (excluding diaryl/α,β-unsaturated/α-hetero) is 1. The topological polar surface area (TPSA) is 71.1 Å². The van der Waals surface area contributed by atoms with Crippen molar-refractivity contribution in [2.24, 2.45) is 0 Å². The highest BCUT2D eigenvalue weighted by Gasteiger charge is 2.29. The number of halogens is 1. The number of benzene rings is 2. The van der Waals surface area contributed by atoms with E-state index in [2.05, 4.69) is 15.9 Å². The standard InChI is InChI=1S/C20H15BrO6/c1-2-18(22)26-14-3-4-15-16(8-14)27-17(19(15)23)7-11-5-13(21)6-12-9-24-10-25-20(11)12/h3-8H,2,9-10H2,1H3/b17-7-. The Kier molecular flexibility index (Phi) is 4.72. The van der Waals surface area contributed by atoms with Gasteiger partial charge in [0, 0.05) is 28.1 Å². The number of fused-ring (bicyclic) bond motifs is 2. The van der Waals surface area contributed by atoms with Crippen molar-refractivity contribution in [1.29, 1.82) is 0 Å². The third-order valence-corrected chi connectivity index (χ3v) is 4.61. The molecule has 2 aliphatic rings. The second-order valence-electron chi connectivity index (χ2n) is 6.02. The van der Waals surface area contributed by atoms with E-state index in [0.717, 1.165) is 15.6 Å². The molecule has 2 aromatic rings. The van der Waals surface area contributed by atoms with Crippen molar-refractivity contribution in [2.45, 2.75) is 20.0 Å². The lowest BCUT2D eigenvalue weighted by Gasteiger charge is -2.20. The molecular formula is C20H15BrO6. The molecule has 0 saturated heterocycles. The molecule has 2 aromatic carbocycles. The highest BCUT2D eigenvalue weighted by atomic mass is 79.9. The molecule has 0 spiro atoms. The minimum atomic E-state index is -0.352. The Balaban J connectivity index is 1.67. The van der Waals surface area contributed by atoms with Gasteiger partial charge in [0.25, 0.3) is 0 Å². The highest BCUT2D eigenvalue weighted by Crippen LogP contribution is 2.38. The van der Waals surface area contributed by atoms with Gasteiger partial charge in [0.05, 0.1) is 12.2 Å². The molecule has 0 bridgehead atoms. The maximum absolute atomic E-state index is 12.7. The minimum Gasteiger partial charge on any atom is -0.467 e. The molecule has 6 nitrogen and oxygen atoms in total. The quantitative estimate of drug-likeness (QED) is 0.411. The fraction of sp³-hybridized carbons (Fsp3) is 0.200. The molecule has 0 fully saturated rings. The van der Waals surface area contributed by atoms with Gasteiger partial charge < -0.3 is 18.9 Å². The predicted octanol–water partition coefficient (Wildman–Crippen LogP) is 4.25. The zero-order chi connectivity index (χ0) is 19.0. The van der Waals surface area contributed by atoms with E-state index in [9.17, 15) is 9.59 Å². The molecule has 27 heavy (non-hydrogen) atoms. The molecule has 0 N–H and O–H groups in total. The van der Waals surface area contributed by atoms with Gasteiger partial charge in [-0.2, -0.15) is 0 Å². The summed E-state index contributed by atoms with van der Waals surface area (Å²) in [5.41, 5.74) is 2.03. The van der Waals surface area contributed by atoms with Crippen LogP contribution in [-0.2, 0) is 16.1 Å². The molecule has 4 rings (SSSR count). The third-order valence-electron chi connectivity index (χ3n) is 4.15. The van der Waals surface area contributed by atoms with Gasteiger partial charge in [-0.1, -0.05) is 22.9 Å². The first-order chi connectivity index (χ1) is 13.0. The SMILES string of the molecule is CCC(=O)Oc1ccc2c(c1)O/C(=C\c1cc(Br)cc3c1OCOC3)C2=O. The molecule has 7 heteroatoms. The van der Waals surface area contributed by atoms with Gasteiger partial charge in [-0.05, 0) is 30.3 Å². The molecule has 2 heterocycles. The lowest BCUT2D eigenvalue weighted by atomic mass is 10.1. The van der Waals surface area contributed by atoms with Gasteiger partial charge in [-0.3, -0.25) is 9.59 Å². The molecule has 0 atom stereocenters. The smallest absolute Gasteiger partial charge is 0.310 e. The number of rotatable bonds is 3. The van der Waals surface area contributed by atoms with E-state index in [-0.39, 0.29) is 30.7 Å². The summed E-state index contributed by atoms with van der Waals surface area (Å²) in [6.07, 6.45) is 1.91. The third kappa shape index (κ3) is 3.48. The number of esters is 1. The van der Waals surface area contributed by atoms with E-state index < -0.39 is 0 Å². The Labute approximate surface area is 163 Å². The monoisotopic (exact) mass is 430 g/mol. The van der Waals surface area contributed by atoms with Crippen molar-refractivity contribution in [3.63, 3.8) is 0 Å². The fourth-order valence-corrected chi connectivity index (χ4v) is 3.41. The molecule has 0 aromatic heterocycles. The van der Waals surface area contributed by atoms with Crippen LogP contribution in [0.25, 0.3) is 6.08 Å². The Morgan fingerprint density at radius 2 is 2.15 bits per heavy atom. The number of carbonyl (C=O) groups excluding carboxylic acids is 2. The number of carbonyl (C=O) groups is 2. The van der Waals surface area contributed by atoms with Gasteiger partial charge in [0.2, 0.25) is 5.78 Å². The second kappa shape index (κ2) is 7.17. The summed E-state index contributed by atoms with van der Waals surface area (Å²) in [5.74, 6) is 0.964. The molecule has 0 amide bonds. The van der Waals surface area contributed by atoms with Crippen LogP contribution in [0, 0.1) is 0 Å². The van der Waals surface area contributed by atoms with Crippen molar-refractivity contribution < 1.29 is 28.5 Å². The number of hydrogen-bond acceptors (Lipinski definition) is 6. The van der Waals surface area contributed by atoms with Gasteiger partial charge in [0.15, 0.2) is 12.6 Å². The van der Waals surface area contributed by atoms with Crippen LogP contribution in [0.5, 0.6) is 17.2 Å². The summed E-state index contributed by atoms with van der Waals surface area (Å²) in [7, 11) is 0. The summed E-state index contributed by atoms with van der Waals surface area (Å²) in [5, 5.41) is 0. The number of ether oxygens (including phenoxy) is 4. The Morgan fingerprint density at radius 3 is 2.96 bits per heavy atom. The van der Waals surface area contributed by atoms with Crippen LogP contribution in [-0.4, -0.2) is 18.5 Å². The van der Waals surface area contributed by atoms with Crippen LogP contribution in [0.3, 0.4) is 0 Å². The van der Waals surface area contributed by atoms with Crippen LogP contribution in [0.1, 0.15) is 34.8 Å². The lowest BCUT2D eigenvalue weighted by molar-refractivity contribution is -0.134. The van der Waals surface area contributed by atoms with Crippen LogP contribution >= 0.6 is 15.9 Å². The van der Waals surface area contributed by atoms with E-state index >= 15 is 0 Å². The zero-order valence-corrected chi connectivity index (χ0v) is 16.0. The Hall–Kier alpha value is -2.64. The normalized spacial score (nSPS) is 16.4. The second-order valence-corrected chi connectivity index (χ2v) is 6.93. The molecule has 0 unspecified atom stereocenters. The Bertz CT molecular complexity index is 979. The first kappa shape index (κ1) is 17.8. The number of allylic oxidation sites excluding steroid dienone is 1. The maximum Gasteiger partial charge on any atom is 0.310 e. The summed E-state index contributed by atoms with van der Waals surface area (Å²) in [6, 6.07) is 8.49. The van der Waals surface area contributed by atoms with Gasteiger partial charge >= 0.3 is 5.97 Å². The molecule has 0 radical (unpaired) electrons. The highest BCUT2D eigenvalue weighted by molar-refractivity contribution is 9.10. The first-order valence-electron chi connectivity index (χ1n) is 8.37. The van der Waals surface area contributed by atoms with Crippen molar-refractivity contribution >= 4 is 33.8 Å². The maximum atomic E-state index is 12.7. The van der Waals surface area contributed by atoms with E-state index in [4.69, 9.17) is 18.9 Å². The fourth-order valence-electron chi connectivity index (χ4n) is 2.89. The van der Waals surface area contributed by atoms with Gasteiger partial charge in [-0.15, -0.1) is 0 Å². The van der Waals surface area contributed by atoms with Gasteiger partial charge in [0.1, 0.15) is 17.2 Å². The summed E-state index contributed by atoms with van der Waals surface area (Å²) in [6.45, 7) is 2.31. The average molecular weight is 431 g/mol. The molecule has 2 aliphatic heterocycles. The predicted molar refractivity (Wildman–Crippen MR) is 99.7 cm³/mol. The van der Waals surface area contributed by atoms with Crippen LogP contribution in [0.4, 0.5) is 0 Å². The lowest BCUT2D eigenvalue weighted by Crippen LogP contribution is -2.12. The van der Waals surface area contributed by atoms with Gasteiger partial charge in [-0.25, -0.2) is 0 Å². The number of ketones is 1. The molecule has 0 saturated carbocycles. The summed E-state index contributed by atoms with van der Waals surface area (Å²) >= 11 is 3.46. The van der Waals surface area contributed by atoms with Crippen LogP contribution in [0.2, 0.25) is 0 Å². The molecule has 138 valence electrons. The first-order valence-corrected chi connectivity index (χ1v) is 9.16. The number of hydrogen-bond donors (Lipinski definition) is 0. The van der Waals surface area contributed by atoms with Crippen LogP contribution in [0.15, 0.2) is 40.6 Å². The largest absolute Gasteiger partial charge is 0.467 e. The summed E-state index contributed by atoms with van der Waals surface area (Å²) in [4.78, 5) is 24.1. The van der Waals surface area contributed by atoms with E-state index in [1.165, 1.54) is 0 Å². The zero-order valence-electron chi connectivity index (χ0n) is 14.4. The van der Waals surface area contributed by atoms with E-state index in [0.29, 0.717) is 29.4 Å². The minimum absolute atomic E-state index is 0.159. The molecule has 0 aliphatic carbocycles. The van der Waals surface area contributed by atoms with Crippen LogP contribution < -0.4 is 14.2 Å². The van der Waals surface area contributed by atoms with Crippen molar-refractivity contribution in [1.82, 2.24) is 0 Å². The molecular weight excluding hydrogens is 416 g/mol. The summed E-state index contributed by atoms with van der Waals surface area (Å²) < 4.78 is 22.6. The van der Waals surface area contributed by atoms with E-state index in [1.54, 1.807) is 31.2 Å². The van der Waals surface area contributed by atoms with Crippen molar-refractivity contribution in [3.8, 4) is 17.2 Å². The average Bonchev–Trinajstić information content (AvgIpc) is 2.96. The Morgan fingerprint density at radius 1 is 1.30 bits per heavy atom. The van der Waals surface area contributed by atoms with Crippen molar-refractivity contribution in [2.75, 3.05) is 6.79 Å². The van der Waals surface area contributed by atoms with E-state index in [1.807, 2.05) is 12.1 Å². The van der Waals surface area contributed by atoms with Crippen molar-refractivity contribution in [3.05, 3.63) is 57.3 Å².